The van der Waals surface area contributed by atoms with Crippen molar-refractivity contribution in [3.05, 3.63) is 28.5 Å². The normalized spacial score (nSPS) is 14.2. The Morgan fingerprint density at radius 1 is 1.25 bits per heavy atom. The Kier molecular flexibility index (Phi) is 10.2. The minimum Gasteiger partial charge on any atom is -0.475 e. The van der Waals surface area contributed by atoms with Crippen molar-refractivity contribution in [1.82, 2.24) is 19.8 Å². The van der Waals surface area contributed by atoms with Gasteiger partial charge < -0.3 is 30.8 Å². The van der Waals surface area contributed by atoms with E-state index in [2.05, 4.69) is 20.5 Å². The van der Waals surface area contributed by atoms with Crippen molar-refractivity contribution in [3.8, 4) is 0 Å². The third-order valence-corrected chi connectivity index (χ3v) is 6.15. The Labute approximate surface area is 209 Å². The van der Waals surface area contributed by atoms with Gasteiger partial charge in [-0.05, 0) is 12.0 Å². The van der Waals surface area contributed by atoms with Crippen molar-refractivity contribution in [3.63, 3.8) is 0 Å². The van der Waals surface area contributed by atoms with Gasteiger partial charge in [0.25, 0.3) is 11.8 Å². The highest BCUT2D eigenvalue weighted by atomic mass is 32.1. The standard InChI is InChI=1S/C19H28N6O3S.C2HF3O2/c1-12(2)16-15(23-19(20)29-16)18(27)22-13-10-14(24(3)11-13)17(26)21-4-5-25-6-8-28-9-7-25;3-2(4,5)1(6)7/h10-12H,4-9H2,1-3H3,(H2,20,23)(H,21,26)(H,22,27);(H,6,7). The van der Waals surface area contributed by atoms with Crippen LogP contribution in [0.1, 0.15) is 45.6 Å². The van der Waals surface area contributed by atoms with Crippen molar-refractivity contribution in [2.45, 2.75) is 25.9 Å². The van der Waals surface area contributed by atoms with Gasteiger partial charge in [0.15, 0.2) is 5.13 Å². The first-order valence-electron chi connectivity index (χ1n) is 10.9. The van der Waals surface area contributed by atoms with Crippen LogP contribution in [0.3, 0.4) is 0 Å². The number of halogens is 3. The fraction of sp³-hybridized carbons (Fsp3) is 0.524. The van der Waals surface area contributed by atoms with Gasteiger partial charge in [0.1, 0.15) is 11.4 Å². The number of nitrogens with zero attached hydrogens (tertiary/aromatic N) is 3. The minimum atomic E-state index is -5.08. The van der Waals surface area contributed by atoms with Gasteiger partial charge in [-0.15, -0.1) is 11.3 Å². The zero-order chi connectivity index (χ0) is 27.0. The number of hydrogen-bond acceptors (Lipinski definition) is 8. The highest BCUT2D eigenvalue weighted by Gasteiger charge is 2.38. The number of aryl methyl sites for hydroxylation is 1. The first kappa shape index (κ1) is 29.1. The summed E-state index contributed by atoms with van der Waals surface area (Å²) >= 11 is 1.32. The summed E-state index contributed by atoms with van der Waals surface area (Å²) in [5.41, 5.74) is 7.13. The Morgan fingerprint density at radius 2 is 1.86 bits per heavy atom. The first-order valence-corrected chi connectivity index (χ1v) is 11.7. The molecule has 3 heterocycles. The van der Waals surface area contributed by atoms with Gasteiger partial charge in [-0.25, -0.2) is 9.78 Å². The lowest BCUT2D eigenvalue weighted by Crippen LogP contribution is -2.41. The fourth-order valence-electron chi connectivity index (χ4n) is 3.19. The number of nitrogen functional groups attached to an aromatic ring is 1. The van der Waals surface area contributed by atoms with Gasteiger partial charge in [0, 0.05) is 44.3 Å². The van der Waals surface area contributed by atoms with Crippen LogP contribution in [0.4, 0.5) is 24.0 Å². The van der Waals surface area contributed by atoms with Crippen LogP contribution in [0.2, 0.25) is 0 Å². The number of aromatic nitrogens is 2. The number of anilines is 2. The van der Waals surface area contributed by atoms with E-state index in [0.717, 1.165) is 37.7 Å². The lowest BCUT2D eigenvalue weighted by Gasteiger charge is -2.26. The van der Waals surface area contributed by atoms with Crippen molar-refractivity contribution < 1.29 is 37.4 Å². The van der Waals surface area contributed by atoms with Crippen LogP contribution >= 0.6 is 11.3 Å². The summed E-state index contributed by atoms with van der Waals surface area (Å²) in [5, 5.41) is 13.2. The molecule has 0 aromatic carbocycles. The van der Waals surface area contributed by atoms with Crippen LogP contribution < -0.4 is 16.4 Å². The molecule has 1 fully saturated rings. The van der Waals surface area contributed by atoms with E-state index in [4.69, 9.17) is 20.4 Å². The number of amides is 2. The number of carbonyl (C=O) groups is 3. The number of alkyl halides is 3. The van der Waals surface area contributed by atoms with E-state index in [-0.39, 0.29) is 17.7 Å². The average Bonchev–Trinajstić information content (AvgIpc) is 3.36. The van der Waals surface area contributed by atoms with E-state index >= 15 is 0 Å². The molecule has 36 heavy (non-hydrogen) atoms. The molecule has 0 saturated carbocycles. The molecule has 3 rings (SSSR count). The topological polar surface area (TPSA) is 152 Å². The molecule has 1 saturated heterocycles. The Balaban J connectivity index is 0.000000572. The molecule has 15 heteroatoms. The van der Waals surface area contributed by atoms with Crippen molar-refractivity contribution in [2.24, 2.45) is 7.05 Å². The minimum absolute atomic E-state index is 0.147. The van der Waals surface area contributed by atoms with Crippen LogP contribution in [-0.4, -0.2) is 82.9 Å². The largest absolute Gasteiger partial charge is 0.490 e. The van der Waals surface area contributed by atoms with Gasteiger partial charge >= 0.3 is 12.1 Å². The van der Waals surface area contributed by atoms with Crippen LogP contribution in [0.15, 0.2) is 12.3 Å². The summed E-state index contributed by atoms with van der Waals surface area (Å²) in [6.07, 6.45) is -3.38. The van der Waals surface area contributed by atoms with E-state index in [0.29, 0.717) is 28.8 Å². The molecule has 0 unspecified atom stereocenters. The van der Waals surface area contributed by atoms with Gasteiger partial charge in [0.2, 0.25) is 0 Å². The Morgan fingerprint density at radius 3 is 2.42 bits per heavy atom. The molecule has 0 aliphatic carbocycles. The lowest BCUT2D eigenvalue weighted by atomic mass is 10.1. The fourth-order valence-corrected chi connectivity index (χ4v) is 4.03. The number of nitrogens with two attached hydrogens (primary N) is 1. The number of rotatable bonds is 7. The average molecular weight is 535 g/mol. The van der Waals surface area contributed by atoms with Crippen molar-refractivity contribution >= 4 is 39.9 Å². The number of carboxylic acid groups (broad SMARTS) is 1. The molecular weight excluding hydrogens is 505 g/mol. The van der Waals surface area contributed by atoms with Crippen LogP contribution in [0, 0.1) is 0 Å². The highest BCUT2D eigenvalue weighted by molar-refractivity contribution is 7.15. The molecule has 2 amide bonds. The number of hydrogen-bond donors (Lipinski definition) is 4. The predicted molar refractivity (Wildman–Crippen MR) is 127 cm³/mol. The molecule has 200 valence electrons. The third-order valence-electron chi connectivity index (χ3n) is 4.96. The smallest absolute Gasteiger partial charge is 0.475 e. The molecule has 5 N–H and O–H groups in total. The van der Waals surface area contributed by atoms with Crippen LogP contribution in [0.5, 0.6) is 0 Å². The zero-order valence-corrected chi connectivity index (χ0v) is 20.8. The zero-order valence-electron chi connectivity index (χ0n) is 20.0. The Hall–Kier alpha value is -3.17. The molecule has 11 nitrogen and oxygen atoms in total. The van der Waals surface area contributed by atoms with E-state index in [1.807, 2.05) is 13.8 Å². The SMILES string of the molecule is CC(C)c1sc(N)nc1C(=O)Nc1cc(C(=O)NCCN2CCOCC2)n(C)c1.O=C(O)C(F)(F)F. The predicted octanol–water partition coefficient (Wildman–Crippen LogP) is 2.13. The van der Waals surface area contributed by atoms with Gasteiger partial charge in [-0.1, -0.05) is 13.8 Å². The molecule has 0 radical (unpaired) electrons. The quantitative estimate of drug-likeness (QED) is 0.422. The maximum Gasteiger partial charge on any atom is 0.490 e. The van der Waals surface area contributed by atoms with Gasteiger partial charge in [0.05, 0.1) is 18.9 Å². The number of carboxylic acids is 1. The summed E-state index contributed by atoms with van der Waals surface area (Å²) in [5.74, 6) is -3.12. The lowest BCUT2D eigenvalue weighted by molar-refractivity contribution is -0.192. The highest BCUT2D eigenvalue weighted by Crippen LogP contribution is 2.28. The van der Waals surface area contributed by atoms with Crippen molar-refractivity contribution in [1.29, 1.82) is 0 Å². The summed E-state index contributed by atoms with van der Waals surface area (Å²) in [6.45, 7) is 8.56. The number of aliphatic carboxylic acids is 1. The number of morpholine rings is 1. The molecule has 0 bridgehead atoms. The number of carbonyl (C=O) groups excluding carboxylic acids is 2. The molecule has 2 aromatic rings. The van der Waals surface area contributed by atoms with Gasteiger partial charge in [-0.2, -0.15) is 13.2 Å². The van der Waals surface area contributed by atoms with Crippen LogP contribution in [-0.2, 0) is 16.6 Å². The first-order chi connectivity index (χ1) is 16.8. The number of ether oxygens (including phenoxy) is 1. The second-order valence-corrected chi connectivity index (χ2v) is 9.17. The van der Waals surface area contributed by atoms with Crippen molar-refractivity contribution in [2.75, 3.05) is 50.4 Å². The molecule has 2 aromatic heterocycles. The summed E-state index contributed by atoms with van der Waals surface area (Å²) in [4.78, 5) is 41.3. The Bertz CT molecular complexity index is 1060. The second-order valence-electron chi connectivity index (χ2n) is 8.11. The monoisotopic (exact) mass is 534 g/mol. The van der Waals surface area contributed by atoms with E-state index < -0.39 is 12.1 Å². The van der Waals surface area contributed by atoms with Crippen LogP contribution in [0.25, 0.3) is 0 Å². The maximum atomic E-state index is 12.6. The molecule has 1 aliphatic rings. The summed E-state index contributed by atoms with van der Waals surface area (Å²) < 4.78 is 38.8. The molecule has 0 atom stereocenters. The third kappa shape index (κ3) is 8.49. The molecular formula is C21H29F3N6O5S. The van der Waals surface area contributed by atoms with E-state index in [9.17, 15) is 22.8 Å². The summed E-state index contributed by atoms with van der Waals surface area (Å²) in [6, 6.07) is 1.66. The second kappa shape index (κ2) is 12.7. The van der Waals surface area contributed by atoms with E-state index in [1.54, 1.807) is 23.9 Å². The molecule has 0 spiro atoms. The number of thiazole rings is 1. The number of nitrogens with one attached hydrogen (secondary N) is 2. The molecule has 1 aliphatic heterocycles. The van der Waals surface area contributed by atoms with Gasteiger partial charge in [-0.3, -0.25) is 14.5 Å². The summed E-state index contributed by atoms with van der Waals surface area (Å²) in [7, 11) is 1.77. The van der Waals surface area contributed by atoms with E-state index in [1.165, 1.54) is 11.3 Å². The maximum absolute atomic E-state index is 12.6.